The fourth-order valence-corrected chi connectivity index (χ4v) is 10.1. The first-order chi connectivity index (χ1) is 14.7. The number of ether oxygens (including phenoxy) is 2. The summed E-state index contributed by atoms with van der Waals surface area (Å²) in [7, 11) is 0. The van der Waals surface area contributed by atoms with Crippen molar-refractivity contribution in [2.75, 3.05) is 6.61 Å². The summed E-state index contributed by atoms with van der Waals surface area (Å²) in [5, 5.41) is 10.4. The Hall–Kier alpha value is -0.380. The predicted molar refractivity (Wildman–Crippen MR) is 122 cm³/mol. The first-order valence-electron chi connectivity index (χ1n) is 13.4. The van der Waals surface area contributed by atoms with E-state index in [1.807, 2.05) is 0 Å². The maximum absolute atomic E-state index is 10.4. The molecule has 2 heterocycles. The molecular weight excluding hydrogens is 384 g/mol. The van der Waals surface area contributed by atoms with Crippen LogP contribution in [0.2, 0.25) is 0 Å². The minimum atomic E-state index is -0.298. The van der Waals surface area contributed by atoms with Gasteiger partial charge in [0.15, 0.2) is 5.79 Å². The van der Waals surface area contributed by atoms with E-state index in [2.05, 4.69) is 34.6 Å². The van der Waals surface area contributed by atoms with Crippen LogP contribution < -0.4 is 0 Å². The Bertz CT molecular complexity index is 779. The molecule has 0 aromatic heterocycles. The quantitative estimate of drug-likeness (QED) is 0.474. The van der Waals surface area contributed by atoms with Gasteiger partial charge >= 0.3 is 0 Å². The Labute approximate surface area is 189 Å². The molecule has 1 spiro atoms. The van der Waals surface area contributed by atoms with E-state index < -0.39 is 0 Å². The second-order valence-corrected chi connectivity index (χ2v) is 13.2. The third kappa shape index (κ3) is 2.75. The smallest absolute Gasteiger partial charge is 0.171 e. The SMILES string of the molecule is CC1=C2C[C@@H](O)CC[C@]2(C)[C@@H]2CC[C@]3(C)[C@@H]4[C@@H](C)[C@@]5(CC[C@@H](C)CO5)O[C@@H]4C[C@@H]3[C@H]2C1. The molecule has 5 fully saturated rings. The van der Waals surface area contributed by atoms with E-state index in [1.54, 1.807) is 11.1 Å². The second kappa shape index (κ2) is 6.83. The average molecular weight is 429 g/mol. The Balaban J connectivity index is 1.30. The second-order valence-electron chi connectivity index (χ2n) is 13.2. The van der Waals surface area contributed by atoms with Crippen molar-refractivity contribution in [1.82, 2.24) is 0 Å². The summed E-state index contributed by atoms with van der Waals surface area (Å²) < 4.78 is 13.4. The Morgan fingerprint density at radius 1 is 0.968 bits per heavy atom. The largest absolute Gasteiger partial charge is 0.393 e. The Kier molecular flexibility index (Phi) is 4.66. The highest BCUT2D eigenvalue weighted by Crippen LogP contribution is 2.71. The van der Waals surface area contributed by atoms with E-state index in [-0.39, 0.29) is 11.9 Å². The minimum absolute atomic E-state index is 0.113. The molecule has 6 rings (SSSR count). The molecule has 174 valence electrons. The molecule has 31 heavy (non-hydrogen) atoms. The average Bonchev–Trinajstić information content (AvgIpc) is 3.17. The van der Waals surface area contributed by atoms with Crippen LogP contribution in [0.25, 0.3) is 0 Å². The highest BCUT2D eigenvalue weighted by molar-refractivity contribution is 5.31. The van der Waals surface area contributed by atoms with Crippen molar-refractivity contribution in [2.24, 2.45) is 46.3 Å². The number of rotatable bonds is 0. The van der Waals surface area contributed by atoms with Crippen LogP contribution in [-0.4, -0.2) is 29.7 Å². The van der Waals surface area contributed by atoms with Crippen LogP contribution >= 0.6 is 0 Å². The lowest BCUT2D eigenvalue weighted by Crippen LogP contribution is -2.53. The number of hydrogen-bond donors (Lipinski definition) is 1. The maximum Gasteiger partial charge on any atom is 0.171 e. The standard InChI is InChI=1S/C28H44O3/c1-16-6-11-28(30-15-16)18(3)25-24(31-28)14-23-20-12-17(2)22-13-19(29)7-9-26(22,4)21(20)8-10-27(23,25)5/h16,18-21,23-25,29H,6-15H2,1-5H3/t16-,18-,19+,20+,21-,23-,24-,25-,26-,27+,28-/m1/s1. The first kappa shape index (κ1) is 21.2. The van der Waals surface area contributed by atoms with Gasteiger partial charge in [0.25, 0.3) is 0 Å². The molecule has 4 aliphatic carbocycles. The van der Waals surface area contributed by atoms with Crippen molar-refractivity contribution in [3.8, 4) is 0 Å². The number of hydrogen-bond acceptors (Lipinski definition) is 3. The summed E-state index contributed by atoms with van der Waals surface area (Å²) >= 11 is 0. The van der Waals surface area contributed by atoms with Gasteiger partial charge < -0.3 is 14.6 Å². The molecule has 0 amide bonds. The highest BCUT2D eigenvalue weighted by Gasteiger charge is 2.68. The molecule has 0 unspecified atom stereocenters. The molecule has 3 heteroatoms. The molecule has 3 nitrogen and oxygen atoms in total. The van der Waals surface area contributed by atoms with Gasteiger partial charge in [0, 0.05) is 12.3 Å². The van der Waals surface area contributed by atoms with Crippen molar-refractivity contribution in [3.05, 3.63) is 11.1 Å². The molecular formula is C28H44O3. The third-order valence-corrected chi connectivity index (χ3v) is 11.7. The van der Waals surface area contributed by atoms with E-state index in [1.165, 1.54) is 38.5 Å². The Morgan fingerprint density at radius 2 is 1.77 bits per heavy atom. The van der Waals surface area contributed by atoms with Gasteiger partial charge in [-0.05, 0) is 98.7 Å². The molecule has 0 aromatic carbocycles. The topological polar surface area (TPSA) is 38.7 Å². The molecule has 1 N–H and O–H groups in total. The highest BCUT2D eigenvalue weighted by atomic mass is 16.7. The van der Waals surface area contributed by atoms with E-state index >= 15 is 0 Å². The lowest BCUT2D eigenvalue weighted by atomic mass is 9.46. The Morgan fingerprint density at radius 3 is 2.52 bits per heavy atom. The van der Waals surface area contributed by atoms with Gasteiger partial charge in [0.1, 0.15) is 0 Å². The maximum atomic E-state index is 10.4. The van der Waals surface area contributed by atoms with Crippen LogP contribution in [0.1, 0.15) is 92.4 Å². The molecule has 0 aromatic rings. The first-order valence-corrected chi connectivity index (χ1v) is 13.4. The van der Waals surface area contributed by atoms with Crippen LogP contribution in [0.4, 0.5) is 0 Å². The van der Waals surface area contributed by atoms with Crippen LogP contribution in [0.5, 0.6) is 0 Å². The van der Waals surface area contributed by atoms with Crippen LogP contribution in [0, 0.1) is 46.3 Å². The lowest BCUT2D eigenvalue weighted by Gasteiger charge is -2.59. The lowest BCUT2D eigenvalue weighted by molar-refractivity contribution is -0.272. The fraction of sp³-hybridized carbons (Fsp3) is 0.929. The zero-order valence-corrected chi connectivity index (χ0v) is 20.5. The summed E-state index contributed by atoms with van der Waals surface area (Å²) in [5.41, 5.74) is 3.95. The summed E-state index contributed by atoms with van der Waals surface area (Å²) in [6, 6.07) is 0. The number of allylic oxidation sites excluding steroid dienone is 1. The number of aliphatic hydroxyl groups is 1. The van der Waals surface area contributed by atoms with Crippen molar-refractivity contribution >= 4 is 0 Å². The van der Waals surface area contributed by atoms with Gasteiger partial charge in [-0.3, -0.25) is 0 Å². The number of aliphatic hydroxyl groups excluding tert-OH is 1. The van der Waals surface area contributed by atoms with Crippen LogP contribution in [-0.2, 0) is 9.47 Å². The zero-order chi connectivity index (χ0) is 21.8. The van der Waals surface area contributed by atoms with Gasteiger partial charge in [-0.15, -0.1) is 0 Å². The molecule has 2 saturated heterocycles. The molecule has 3 saturated carbocycles. The van der Waals surface area contributed by atoms with Gasteiger partial charge in [0.2, 0.25) is 0 Å². The molecule has 2 aliphatic heterocycles. The zero-order valence-electron chi connectivity index (χ0n) is 20.5. The predicted octanol–water partition coefficient (Wildman–Crippen LogP) is 6.10. The van der Waals surface area contributed by atoms with Gasteiger partial charge in [-0.2, -0.15) is 0 Å². The summed E-state index contributed by atoms with van der Waals surface area (Å²) in [6.45, 7) is 13.2. The normalized spacial score (nSPS) is 58.6. The van der Waals surface area contributed by atoms with E-state index in [9.17, 15) is 5.11 Å². The molecule has 0 bridgehead atoms. The summed E-state index contributed by atoms with van der Waals surface area (Å²) in [4.78, 5) is 0. The van der Waals surface area contributed by atoms with Crippen molar-refractivity contribution in [3.63, 3.8) is 0 Å². The molecule has 11 atom stereocenters. The monoisotopic (exact) mass is 428 g/mol. The van der Waals surface area contributed by atoms with Crippen LogP contribution in [0.15, 0.2) is 11.1 Å². The van der Waals surface area contributed by atoms with Crippen molar-refractivity contribution in [1.29, 1.82) is 0 Å². The van der Waals surface area contributed by atoms with E-state index in [4.69, 9.17) is 9.47 Å². The van der Waals surface area contributed by atoms with E-state index in [0.717, 1.165) is 43.6 Å². The molecule has 0 radical (unpaired) electrons. The van der Waals surface area contributed by atoms with E-state index in [0.29, 0.717) is 34.7 Å². The fourth-order valence-electron chi connectivity index (χ4n) is 10.1. The van der Waals surface area contributed by atoms with Gasteiger partial charge in [-0.25, -0.2) is 0 Å². The third-order valence-electron chi connectivity index (χ3n) is 11.7. The van der Waals surface area contributed by atoms with Gasteiger partial charge in [0.05, 0.1) is 18.8 Å². The molecule has 6 aliphatic rings. The summed E-state index contributed by atoms with van der Waals surface area (Å²) in [6.07, 6.45) is 10.9. The van der Waals surface area contributed by atoms with Crippen LogP contribution in [0.3, 0.4) is 0 Å². The summed E-state index contributed by atoms with van der Waals surface area (Å²) in [5.74, 6) is 3.91. The minimum Gasteiger partial charge on any atom is -0.393 e. The number of fused-ring (bicyclic) bond motifs is 7. The van der Waals surface area contributed by atoms with Crippen molar-refractivity contribution < 1.29 is 14.6 Å². The van der Waals surface area contributed by atoms with Gasteiger partial charge in [-0.1, -0.05) is 38.8 Å². The van der Waals surface area contributed by atoms with Crippen molar-refractivity contribution in [2.45, 2.75) is 110 Å².